The second kappa shape index (κ2) is 11.3. The summed E-state index contributed by atoms with van der Waals surface area (Å²) in [7, 11) is 2.21. The summed E-state index contributed by atoms with van der Waals surface area (Å²) in [5, 5.41) is 3.03. The van der Waals surface area contributed by atoms with Crippen molar-refractivity contribution in [1.82, 2.24) is 9.88 Å². The first kappa shape index (κ1) is 25.2. The van der Waals surface area contributed by atoms with Gasteiger partial charge in [0.25, 0.3) is 5.91 Å². The number of rotatable bonds is 6. The normalized spacial score (nSPS) is 19.3. The number of aryl methyl sites for hydroxylation is 1. The summed E-state index contributed by atoms with van der Waals surface area (Å²) in [6.45, 7) is 7.07. The van der Waals surface area contributed by atoms with E-state index in [1.807, 2.05) is 37.4 Å². The van der Waals surface area contributed by atoms with Crippen LogP contribution in [-0.4, -0.2) is 42.5 Å². The summed E-state index contributed by atoms with van der Waals surface area (Å²) in [6, 6.07) is 16.6. The van der Waals surface area contributed by atoms with Crippen LogP contribution >= 0.6 is 0 Å². The number of amides is 1. The molecular formula is C32H37N3O2. The molecule has 0 saturated carbocycles. The highest BCUT2D eigenvalue weighted by Crippen LogP contribution is 2.40. The first-order valence-corrected chi connectivity index (χ1v) is 13.6. The lowest BCUT2D eigenvalue weighted by atomic mass is 9.92. The monoisotopic (exact) mass is 495 g/mol. The lowest BCUT2D eigenvalue weighted by molar-refractivity contribution is -0.110. The molecular weight excluding hydrogens is 458 g/mol. The predicted octanol–water partition coefficient (Wildman–Crippen LogP) is 6.79. The van der Waals surface area contributed by atoms with Gasteiger partial charge in [-0.3, -0.25) is 9.78 Å². The molecule has 192 valence electrons. The first-order chi connectivity index (χ1) is 18.1. The second-order valence-electron chi connectivity index (χ2n) is 10.2. The zero-order valence-corrected chi connectivity index (χ0v) is 22.2. The van der Waals surface area contributed by atoms with Gasteiger partial charge in [-0.2, -0.15) is 0 Å². The summed E-state index contributed by atoms with van der Waals surface area (Å²) in [5.41, 5.74) is 7.93. The Morgan fingerprint density at radius 3 is 2.76 bits per heavy atom. The lowest BCUT2D eigenvalue weighted by Gasteiger charge is -2.25. The Balaban J connectivity index is 1.45. The number of aromatic nitrogens is 1. The van der Waals surface area contributed by atoms with Crippen LogP contribution in [0.1, 0.15) is 67.8 Å². The van der Waals surface area contributed by atoms with Gasteiger partial charge < -0.3 is 15.0 Å². The fourth-order valence-electron chi connectivity index (χ4n) is 5.57. The number of hydrogen-bond acceptors (Lipinski definition) is 4. The molecule has 1 N–H and O–H groups in total. The van der Waals surface area contributed by atoms with Crippen LogP contribution in [0.3, 0.4) is 0 Å². The third kappa shape index (κ3) is 5.47. The number of ether oxygens (including phenoxy) is 1. The molecule has 2 aromatic carbocycles. The maximum atomic E-state index is 13.0. The highest BCUT2D eigenvalue weighted by molar-refractivity contribution is 6.35. The fraction of sp³-hybridized carbons (Fsp3) is 0.375. The molecule has 0 spiro atoms. The van der Waals surface area contributed by atoms with Crippen molar-refractivity contribution < 1.29 is 9.53 Å². The lowest BCUT2D eigenvalue weighted by Crippen LogP contribution is -2.25. The number of anilines is 1. The average molecular weight is 496 g/mol. The number of likely N-dealkylation sites (tertiary alicyclic amines) is 1. The number of nitrogens with one attached hydrogen (secondary N) is 1. The van der Waals surface area contributed by atoms with Gasteiger partial charge in [0, 0.05) is 40.2 Å². The average Bonchev–Trinajstić information content (AvgIpc) is 3.21. The van der Waals surface area contributed by atoms with Crippen LogP contribution in [0, 0.1) is 0 Å². The summed E-state index contributed by atoms with van der Waals surface area (Å²) in [5.74, 6) is 1.30. The van der Waals surface area contributed by atoms with E-state index in [4.69, 9.17) is 9.72 Å². The number of carbonyl (C=O) groups excluding carboxylic acids is 1. The van der Waals surface area contributed by atoms with Crippen molar-refractivity contribution >= 4 is 23.2 Å². The van der Waals surface area contributed by atoms with E-state index in [2.05, 4.69) is 54.5 Å². The molecule has 5 nitrogen and oxygen atoms in total. The van der Waals surface area contributed by atoms with Crippen LogP contribution in [-0.2, 0) is 11.2 Å². The van der Waals surface area contributed by atoms with Crippen molar-refractivity contribution in [2.75, 3.05) is 32.1 Å². The fourth-order valence-corrected chi connectivity index (χ4v) is 5.57. The Kier molecular flexibility index (Phi) is 7.71. The molecule has 2 aliphatic rings. The van der Waals surface area contributed by atoms with Crippen LogP contribution in [0.15, 0.2) is 54.7 Å². The first-order valence-electron chi connectivity index (χ1n) is 13.6. The number of hydrogen-bond donors (Lipinski definition) is 1. The van der Waals surface area contributed by atoms with Gasteiger partial charge in [0.1, 0.15) is 5.75 Å². The van der Waals surface area contributed by atoms with E-state index < -0.39 is 0 Å². The van der Waals surface area contributed by atoms with Gasteiger partial charge >= 0.3 is 0 Å². The quantitative estimate of drug-likeness (QED) is 0.383. The van der Waals surface area contributed by atoms with Crippen LogP contribution in [0.5, 0.6) is 5.75 Å². The molecule has 37 heavy (non-hydrogen) atoms. The molecule has 3 aromatic rings. The Labute approximate surface area is 220 Å². The Morgan fingerprint density at radius 1 is 1.08 bits per heavy atom. The van der Waals surface area contributed by atoms with E-state index in [-0.39, 0.29) is 5.91 Å². The highest BCUT2D eigenvalue weighted by Gasteiger charge is 2.25. The van der Waals surface area contributed by atoms with Gasteiger partial charge in [-0.15, -0.1) is 0 Å². The van der Waals surface area contributed by atoms with Gasteiger partial charge in [-0.1, -0.05) is 37.6 Å². The van der Waals surface area contributed by atoms with Crippen molar-refractivity contribution in [2.24, 2.45) is 0 Å². The molecule has 5 heteroatoms. The van der Waals surface area contributed by atoms with Crippen LogP contribution in [0.2, 0.25) is 0 Å². The zero-order valence-electron chi connectivity index (χ0n) is 22.2. The van der Waals surface area contributed by atoms with E-state index in [0.29, 0.717) is 18.1 Å². The number of benzene rings is 2. The molecule has 0 bridgehead atoms. The zero-order chi connectivity index (χ0) is 25.8. The van der Waals surface area contributed by atoms with E-state index in [9.17, 15) is 4.79 Å². The Bertz CT molecular complexity index is 1300. The number of pyridine rings is 1. The number of fused-ring (bicyclic) bond motifs is 1. The third-order valence-electron chi connectivity index (χ3n) is 7.62. The molecule has 1 saturated heterocycles. The summed E-state index contributed by atoms with van der Waals surface area (Å²) >= 11 is 0. The van der Waals surface area contributed by atoms with Gasteiger partial charge in [-0.05, 0) is 99.8 Å². The van der Waals surface area contributed by atoms with E-state index >= 15 is 0 Å². The van der Waals surface area contributed by atoms with Crippen molar-refractivity contribution in [1.29, 1.82) is 0 Å². The predicted molar refractivity (Wildman–Crippen MR) is 152 cm³/mol. The van der Waals surface area contributed by atoms with E-state index in [1.54, 1.807) is 0 Å². The van der Waals surface area contributed by atoms with E-state index in [1.165, 1.54) is 31.4 Å². The van der Waals surface area contributed by atoms with Gasteiger partial charge in [-0.25, -0.2) is 0 Å². The van der Waals surface area contributed by atoms with Gasteiger partial charge in [0.05, 0.1) is 6.61 Å². The van der Waals surface area contributed by atoms with Gasteiger partial charge in [0.15, 0.2) is 0 Å². The number of carbonyl (C=O) groups is 1. The smallest absolute Gasteiger partial charge is 0.256 e. The third-order valence-corrected chi connectivity index (χ3v) is 7.62. The van der Waals surface area contributed by atoms with Crippen LogP contribution < -0.4 is 10.1 Å². The van der Waals surface area contributed by atoms with Gasteiger partial charge in [0.2, 0.25) is 0 Å². The largest absolute Gasteiger partial charge is 0.493 e. The summed E-state index contributed by atoms with van der Waals surface area (Å²) in [6.07, 6.45) is 9.62. The molecule has 1 amide bonds. The maximum absolute atomic E-state index is 13.0. The topological polar surface area (TPSA) is 54.5 Å². The van der Waals surface area contributed by atoms with Crippen LogP contribution in [0.25, 0.3) is 22.8 Å². The van der Waals surface area contributed by atoms with Crippen molar-refractivity contribution in [3.8, 4) is 16.9 Å². The van der Waals surface area contributed by atoms with Crippen molar-refractivity contribution in [3.63, 3.8) is 0 Å². The molecule has 1 atom stereocenters. The minimum Gasteiger partial charge on any atom is -0.493 e. The molecule has 0 aliphatic carbocycles. The molecule has 1 fully saturated rings. The molecule has 1 aromatic heterocycles. The molecule has 2 aliphatic heterocycles. The Morgan fingerprint density at radius 2 is 1.97 bits per heavy atom. The maximum Gasteiger partial charge on any atom is 0.256 e. The van der Waals surface area contributed by atoms with Crippen LogP contribution in [0.4, 0.5) is 5.69 Å². The van der Waals surface area contributed by atoms with E-state index in [0.717, 1.165) is 58.8 Å². The summed E-state index contributed by atoms with van der Waals surface area (Å²) in [4.78, 5) is 20.2. The van der Waals surface area contributed by atoms with Crippen molar-refractivity contribution in [3.05, 3.63) is 77.1 Å². The molecule has 5 rings (SSSR count). The standard InChI is InChI=1S/C32H37N3O2/c1-4-23-10-8-11-30(37-5-2)31(23)25-13-15-29-26(20-25)27(32(36)34-29)19-22-12-14-28(33-21-22)24-9-6-7-17-35(3)18-16-24/h8,10-15,19-21,24H,4-7,9,16-18H2,1-3H3,(H,34,36)/b27-19+. The molecule has 3 heterocycles. The highest BCUT2D eigenvalue weighted by atomic mass is 16.5. The molecule has 1 unspecified atom stereocenters. The number of nitrogens with zero attached hydrogens (tertiary/aromatic N) is 2. The Hall–Kier alpha value is -3.44. The molecule has 0 radical (unpaired) electrons. The van der Waals surface area contributed by atoms with Crippen molar-refractivity contribution in [2.45, 2.75) is 51.9 Å². The SMILES string of the molecule is CCOc1cccc(CC)c1-c1ccc2c(c1)/C(=C\c1ccc(C3CCCCN(C)CC3)nc1)C(=O)N2. The second-order valence-corrected chi connectivity index (χ2v) is 10.2. The minimum absolute atomic E-state index is 0.0758. The summed E-state index contributed by atoms with van der Waals surface area (Å²) < 4.78 is 5.97. The minimum atomic E-state index is -0.0758.